The SMILES string of the molecule is COc1ccc(COC(=O)[C@H](CCCCN(CC(=O)OC(C)(C)C)Cc2ccccn2)NC(=O)OCC2c3ccccc3-c3ccccc32)cc1. The number of hydrogen-bond donors (Lipinski definition) is 1. The number of amides is 1. The van der Waals surface area contributed by atoms with Crippen molar-refractivity contribution in [3.8, 4) is 16.9 Å². The third kappa shape index (κ3) is 10.9. The van der Waals surface area contributed by atoms with E-state index in [-0.39, 0.29) is 31.6 Å². The fourth-order valence-electron chi connectivity index (χ4n) is 6.18. The molecule has 0 saturated carbocycles. The minimum atomic E-state index is -0.936. The van der Waals surface area contributed by atoms with Crippen LogP contribution in [0.5, 0.6) is 5.75 Å². The molecular weight excluding hydrogens is 646 g/mol. The van der Waals surface area contributed by atoms with Crippen LogP contribution < -0.4 is 10.1 Å². The lowest BCUT2D eigenvalue weighted by atomic mass is 9.98. The van der Waals surface area contributed by atoms with Gasteiger partial charge < -0.3 is 24.3 Å². The van der Waals surface area contributed by atoms with E-state index in [0.717, 1.165) is 33.5 Å². The number of aromatic nitrogens is 1. The topological polar surface area (TPSA) is 116 Å². The second-order valence-electron chi connectivity index (χ2n) is 13.6. The molecule has 0 radical (unpaired) electrons. The van der Waals surface area contributed by atoms with Crippen LogP contribution in [0.15, 0.2) is 97.2 Å². The summed E-state index contributed by atoms with van der Waals surface area (Å²) in [6, 6.07) is 28.2. The molecule has 0 saturated heterocycles. The van der Waals surface area contributed by atoms with Gasteiger partial charge in [-0.15, -0.1) is 0 Å². The van der Waals surface area contributed by atoms with E-state index in [1.807, 2.05) is 80.3 Å². The minimum absolute atomic E-state index is 0.0411. The maximum absolute atomic E-state index is 13.4. The Balaban J connectivity index is 1.21. The fourth-order valence-corrected chi connectivity index (χ4v) is 6.18. The van der Waals surface area contributed by atoms with Crippen LogP contribution in [0.3, 0.4) is 0 Å². The van der Waals surface area contributed by atoms with E-state index >= 15 is 0 Å². The maximum atomic E-state index is 13.4. The van der Waals surface area contributed by atoms with E-state index in [4.69, 9.17) is 18.9 Å². The Morgan fingerprint density at radius 1 is 0.843 bits per heavy atom. The Hall–Kier alpha value is -5.22. The molecule has 0 bridgehead atoms. The van der Waals surface area contributed by atoms with Crippen molar-refractivity contribution in [1.29, 1.82) is 0 Å². The summed E-state index contributed by atoms with van der Waals surface area (Å²) < 4.78 is 22.2. The van der Waals surface area contributed by atoms with Crippen LogP contribution in [0.4, 0.5) is 4.79 Å². The molecule has 3 aromatic carbocycles. The number of nitrogens with one attached hydrogen (secondary N) is 1. The van der Waals surface area contributed by atoms with Crippen molar-refractivity contribution in [2.45, 2.75) is 70.7 Å². The number of carbonyl (C=O) groups is 3. The van der Waals surface area contributed by atoms with Gasteiger partial charge in [0.05, 0.1) is 19.3 Å². The number of benzene rings is 3. The van der Waals surface area contributed by atoms with Crippen molar-refractivity contribution in [3.05, 3.63) is 120 Å². The second-order valence-corrected chi connectivity index (χ2v) is 13.6. The number of unbranched alkanes of at least 4 members (excludes halogenated alkanes) is 1. The smallest absolute Gasteiger partial charge is 0.407 e. The van der Waals surface area contributed by atoms with Crippen LogP contribution in [-0.2, 0) is 37.0 Å². The molecule has 1 aliphatic carbocycles. The monoisotopic (exact) mass is 693 g/mol. The van der Waals surface area contributed by atoms with E-state index in [0.29, 0.717) is 38.1 Å². The molecule has 4 aromatic rings. The molecule has 1 amide bonds. The van der Waals surface area contributed by atoms with E-state index in [1.54, 1.807) is 25.4 Å². The molecule has 0 aliphatic heterocycles. The van der Waals surface area contributed by atoms with E-state index < -0.39 is 23.7 Å². The van der Waals surface area contributed by atoms with Crippen LogP contribution in [0, 0.1) is 0 Å². The molecule has 1 heterocycles. The van der Waals surface area contributed by atoms with Gasteiger partial charge in [0, 0.05) is 18.7 Å². The molecule has 1 aromatic heterocycles. The standard InChI is InChI=1S/C41H47N3O7/c1-41(2,3)51-38(45)26-44(25-30-13-9-11-23-42-30)24-12-10-18-37(39(46)49-27-29-19-21-31(48-4)22-20-29)43-40(47)50-28-36-34-16-7-5-14-32(34)33-15-6-8-17-35(33)36/h5-9,11,13-17,19-23,36-37H,10,12,18,24-28H2,1-4H3,(H,43,47)/t37-/m0/s1. The van der Waals surface area contributed by atoms with Crippen molar-refractivity contribution in [1.82, 2.24) is 15.2 Å². The van der Waals surface area contributed by atoms with Crippen molar-refractivity contribution in [3.63, 3.8) is 0 Å². The zero-order valence-corrected chi connectivity index (χ0v) is 29.8. The molecule has 51 heavy (non-hydrogen) atoms. The molecule has 10 nitrogen and oxygen atoms in total. The van der Waals surface area contributed by atoms with Crippen molar-refractivity contribution >= 4 is 18.0 Å². The molecular formula is C41H47N3O7. The van der Waals surface area contributed by atoms with Gasteiger partial charge in [-0.05, 0) is 98.7 Å². The lowest BCUT2D eigenvalue weighted by Crippen LogP contribution is -2.42. The summed E-state index contributed by atoms with van der Waals surface area (Å²) in [6.07, 6.45) is 2.56. The van der Waals surface area contributed by atoms with Gasteiger partial charge in [-0.25, -0.2) is 9.59 Å². The highest BCUT2D eigenvalue weighted by molar-refractivity contribution is 5.82. The summed E-state index contributed by atoms with van der Waals surface area (Å²) in [5, 5.41) is 2.78. The Morgan fingerprint density at radius 2 is 1.51 bits per heavy atom. The predicted molar refractivity (Wildman–Crippen MR) is 194 cm³/mol. The molecule has 1 atom stereocenters. The number of alkyl carbamates (subject to hydrolysis) is 1. The van der Waals surface area contributed by atoms with Gasteiger partial charge in [0.1, 0.15) is 30.6 Å². The quantitative estimate of drug-likeness (QED) is 0.0749. The third-order valence-electron chi connectivity index (χ3n) is 8.56. The zero-order valence-electron chi connectivity index (χ0n) is 29.8. The first-order chi connectivity index (χ1) is 24.6. The van der Waals surface area contributed by atoms with Gasteiger partial charge in [-0.2, -0.15) is 0 Å². The molecule has 0 spiro atoms. The van der Waals surface area contributed by atoms with Gasteiger partial charge in [-0.1, -0.05) is 66.7 Å². The summed E-state index contributed by atoms with van der Waals surface area (Å²) in [4.78, 5) is 45.8. The lowest BCUT2D eigenvalue weighted by Gasteiger charge is -2.25. The number of nitrogens with zero attached hydrogens (tertiary/aromatic N) is 2. The van der Waals surface area contributed by atoms with E-state index in [9.17, 15) is 14.4 Å². The lowest BCUT2D eigenvalue weighted by molar-refractivity contribution is -0.156. The van der Waals surface area contributed by atoms with Crippen LogP contribution in [0.2, 0.25) is 0 Å². The Labute approximate surface area is 300 Å². The highest BCUT2D eigenvalue weighted by atomic mass is 16.6. The van der Waals surface area contributed by atoms with Crippen molar-refractivity contribution in [2.75, 3.05) is 26.8 Å². The molecule has 10 heteroatoms. The van der Waals surface area contributed by atoms with Gasteiger partial charge in [0.2, 0.25) is 0 Å². The summed E-state index contributed by atoms with van der Waals surface area (Å²) >= 11 is 0. The number of hydrogen-bond acceptors (Lipinski definition) is 9. The average molecular weight is 694 g/mol. The minimum Gasteiger partial charge on any atom is -0.497 e. The number of fused-ring (bicyclic) bond motifs is 3. The molecule has 1 aliphatic rings. The summed E-state index contributed by atoms with van der Waals surface area (Å²) in [5.74, 6) is -0.295. The summed E-state index contributed by atoms with van der Waals surface area (Å²) in [5.41, 5.74) is 5.48. The Bertz CT molecular complexity index is 1710. The number of methoxy groups -OCH3 is 1. The Morgan fingerprint density at radius 3 is 2.14 bits per heavy atom. The summed E-state index contributed by atoms with van der Waals surface area (Å²) in [7, 11) is 1.59. The van der Waals surface area contributed by atoms with Crippen molar-refractivity contribution in [2.24, 2.45) is 0 Å². The highest BCUT2D eigenvalue weighted by Crippen LogP contribution is 2.44. The van der Waals surface area contributed by atoms with E-state index in [1.165, 1.54) is 0 Å². The van der Waals surface area contributed by atoms with Crippen LogP contribution in [-0.4, -0.2) is 66.4 Å². The molecule has 268 valence electrons. The average Bonchev–Trinajstić information content (AvgIpc) is 3.44. The van der Waals surface area contributed by atoms with Crippen molar-refractivity contribution < 1.29 is 33.3 Å². The zero-order chi connectivity index (χ0) is 36.2. The highest BCUT2D eigenvalue weighted by Gasteiger charge is 2.30. The van der Waals surface area contributed by atoms with Crippen LogP contribution in [0.1, 0.15) is 68.3 Å². The van der Waals surface area contributed by atoms with Gasteiger partial charge >= 0.3 is 18.0 Å². The fraction of sp³-hybridized carbons (Fsp3) is 0.366. The maximum Gasteiger partial charge on any atom is 0.407 e. The number of carbonyl (C=O) groups excluding carboxylic acids is 3. The second kappa shape index (κ2) is 17.6. The number of esters is 2. The summed E-state index contributed by atoms with van der Waals surface area (Å²) in [6.45, 7) is 6.79. The van der Waals surface area contributed by atoms with Crippen LogP contribution >= 0.6 is 0 Å². The first kappa shape index (κ1) is 37.0. The molecule has 0 unspecified atom stereocenters. The molecule has 5 rings (SSSR count). The Kier molecular flexibility index (Phi) is 12.8. The predicted octanol–water partition coefficient (Wildman–Crippen LogP) is 7.05. The molecule has 1 N–H and O–H groups in total. The van der Waals surface area contributed by atoms with Gasteiger partial charge in [0.15, 0.2) is 0 Å². The first-order valence-electron chi connectivity index (χ1n) is 17.3. The first-order valence-corrected chi connectivity index (χ1v) is 17.3. The number of rotatable bonds is 16. The van der Waals surface area contributed by atoms with Gasteiger partial charge in [-0.3, -0.25) is 14.7 Å². The van der Waals surface area contributed by atoms with Gasteiger partial charge in [0.25, 0.3) is 0 Å². The van der Waals surface area contributed by atoms with E-state index in [2.05, 4.69) is 34.6 Å². The number of pyridine rings is 1. The number of ether oxygens (including phenoxy) is 4. The normalized spacial score (nSPS) is 12.8. The molecule has 0 fully saturated rings. The largest absolute Gasteiger partial charge is 0.497 e. The third-order valence-corrected chi connectivity index (χ3v) is 8.56. The van der Waals surface area contributed by atoms with Crippen LogP contribution in [0.25, 0.3) is 11.1 Å².